The lowest BCUT2D eigenvalue weighted by atomic mass is 9.84. The standard InChI is InChI=1S/C18H23BrO/c1-2-12-20-18-11-7-6-10-16(18)13-17(14-19)15-8-4-3-5-9-15/h2,6-7,10-11,13,15H,1,3-5,8-9,12,14H2/b17-13-. The molecule has 0 heterocycles. The number of para-hydroxylation sites is 1. The maximum Gasteiger partial charge on any atom is 0.126 e. The van der Waals surface area contributed by atoms with Crippen LogP contribution in [-0.2, 0) is 0 Å². The Morgan fingerprint density at radius 3 is 2.70 bits per heavy atom. The summed E-state index contributed by atoms with van der Waals surface area (Å²) < 4.78 is 5.74. The molecule has 0 aromatic heterocycles. The molecule has 108 valence electrons. The summed E-state index contributed by atoms with van der Waals surface area (Å²) >= 11 is 3.66. The van der Waals surface area contributed by atoms with Crippen LogP contribution in [0.5, 0.6) is 5.75 Å². The van der Waals surface area contributed by atoms with Crippen molar-refractivity contribution in [2.24, 2.45) is 5.92 Å². The smallest absolute Gasteiger partial charge is 0.126 e. The second-order valence-electron chi connectivity index (χ2n) is 5.33. The predicted molar refractivity (Wildman–Crippen MR) is 90.5 cm³/mol. The van der Waals surface area contributed by atoms with E-state index in [2.05, 4.69) is 40.7 Å². The zero-order valence-corrected chi connectivity index (χ0v) is 13.6. The third-order valence-corrected chi connectivity index (χ3v) is 4.55. The number of benzene rings is 1. The molecule has 1 aromatic rings. The highest BCUT2D eigenvalue weighted by molar-refractivity contribution is 9.09. The Morgan fingerprint density at radius 1 is 1.25 bits per heavy atom. The second kappa shape index (κ2) is 8.31. The van der Waals surface area contributed by atoms with E-state index in [4.69, 9.17) is 4.74 Å². The number of alkyl halides is 1. The number of ether oxygens (including phenoxy) is 1. The molecule has 0 aliphatic heterocycles. The number of rotatable bonds is 6. The van der Waals surface area contributed by atoms with E-state index in [9.17, 15) is 0 Å². The van der Waals surface area contributed by atoms with Crippen LogP contribution in [0, 0.1) is 5.92 Å². The number of halogens is 1. The van der Waals surface area contributed by atoms with E-state index in [-0.39, 0.29) is 0 Å². The van der Waals surface area contributed by atoms with Crippen molar-refractivity contribution in [3.63, 3.8) is 0 Å². The molecular formula is C18H23BrO. The van der Waals surface area contributed by atoms with Crippen molar-refractivity contribution in [1.29, 1.82) is 0 Å². The van der Waals surface area contributed by atoms with Crippen LogP contribution in [0.3, 0.4) is 0 Å². The van der Waals surface area contributed by atoms with E-state index in [1.165, 1.54) is 43.2 Å². The topological polar surface area (TPSA) is 9.23 Å². The first-order valence-electron chi connectivity index (χ1n) is 7.44. The van der Waals surface area contributed by atoms with Crippen LogP contribution in [0.1, 0.15) is 37.7 Å². The van der Waals surface area contributed by atoms with Gasteiger partial charge in [0, 0.05) is 10.9 Å². The fourth-order valence-corrected chi connectivity index (χ4v) is 3.44. The fraction of sp³-hybridized carbons (Fsp3) is 0.444. The third kappa shape index (κ3) is 4.24. The van der Waals surface area contributed by atoms with Gasteiger partial charge in [-0.1, -0.05) is 77.7 Å². The highest BCUT2D eigenvalue weighted by Gasteiger charge is 2.17. The highest BCUT2D eigenvalue weighted by Crippen LogP contribution is 2.33. The Morgan fingerprint density at radius 2 is 2.00 bits per heavy atom. The van der Waals surface area contributed by atoms with Gasteiger partial charge in [-0.05, 0) is 24.8 Å². The van der Waals surface area contributed by atoms with Gasteiger partial charge in [-0.3, -0.25) is 0 Å². The summed E-state index contributed by atoms with van der Waals surface area (Å²) in [5.41, 5.74) is 2.67. The molecule has 20 heavy (non-hydrogen) atoms. The van der Waals surface area contributed by atoms with Gasteiger partial charge in [0.1, 0.15) is 12.4 Å². The monoisotopic (exact) mass is 334 g/mol. The molecule has 0 radical (unpaired) electrons. The quantitative estimate of drug-likeness (QED) is 0.485. The number of allylic oxidation sites excluding steroid dienone is 1. The molecule has 0 amide bonds. The molecule has 1 saturated carbocycles. The van der Waals surface area contributed by atoms with Gasteiger partial charge < -0.3 is 4.74 Å². The summed E-state index contributed by atoms with van der Waals surface area (Å²) in [4.78, 5) is 0. The minimum Gasteiger partial charge on any atom is -0.489 e. The molecule has 1 nitrogen and oxygen atoms in total. The molecule has 0 bridgehead atoms. The molecule has 0 N–H and O–H groups in total. The summed E-state index contributed by atoms with van der Waals surface area (Å²) in [6, 6.07) is 8.25. The van der Waals surface area contributed by atoms with Gasteiger partial charge in [0.2, 0.25) is 0 Å². The van der Waals surface area contributed by atoms with Gasteiger partial charge in [-0.2, -0.15) is 0 Å². The molecule has 0 spiro atoms. The van der Waals surface area contributed by atoms with E-state index >= 15 is 0 Å². The van der Waals surface area contributed by atoms with Crippen LogP contribution in [-0.4, -0.2) is 11.9 Å². The molecule has 1 fully saturated rings. The van der Waals surface area contributed by atoms with Crippen molar-refractivity contribution in [3.05, 3.63) is 48.1 Å². The Kier molecular flexibility index (Phi) is 6.38. The SMILES string of the molecule is C=CCOc1ccccc1/C=C(/CBr)C1CCCCC1. The van der Waals surface area contributed by atoms with Gasteiger partial charge in [0.25, 0.3) is 0 Å². The average Bonchev–Trinajstić information content (AvgIpc) is 2.52. The maximum atomic E-state index is 5.74. The largest absolute Gasteiger partial charge is 0.489 e. The van der Waals surface area contributed by atoms with Crippen molar-refractivity contribution in [3.8, 4) is 5.75 Å². The van der Waals surface area contributed by atoms with E-state index < -0.39 is 0 Å². The first-order valence-corrected chi connectivity index (χ1v) is 8.56. The average molecular weight is 335 g/mol. The van der Waals surface area contributed by atoms with E-state index in [0.717, 1.165) is 17.0 Å². The lowest BCUT2D eigenvalue weighted by molar-refractivity contribution is 0.362. The Balaban J connectivity index is 2.19. The van der Waals surface area contributed by atoms with Crippen molar-refractivity contribution < 1.29 is 4.74 Å². The molecule has 0 saturated heterocycles. The highest BCUT2D eigenvalue weighted by atomic mass is 79.9. The zero-order valence-electron chi connectivity index (χ0n) is 12.0. The summed E-state index contributed by atoms with van der Waals surface area (Å²) in [6.45, 7) is 4.26. The lowest BCUT2D eigenvalue weighted by Gasteiger charge is -2.24. The van der Waals surface area contributed by atoms with Crippen molar-refractivity contribution in [1.82, 2.24) is 0 Å². The molecule has 2 heteroatoms. The summed E-state index contributed by atoms with van der Waals surface area (Å²) in [5, 5.41) is 0.952. The number of hydrogen-bond acceptors (Lipinski definition) is 1. The first-order chi connectivity index (χ1) is 9.85. The first kappa shape index (κ1) is 15.4. The normalized spacial score (nSPS) is 16.9. The van der Waals surface area contributed by atoms with Crippen LogP contribution in [0.4, 0.5) is 0 Å². The van der Waals surface area contributed by atoms with Crippen LogP contribution in [0.25, 0.3) is 6.08 Å². The third-order valence-electron chi connectivity index (χ3n) is 3.90. The maximum absolute atomic E-state index is 5.74. The Labute approximate surface area is 130 Å². The molecule has 1 aliphatic carbocycles. The lowest BCUT2D eigenvalue weighted by Crippen LogP contribution is -2.10. The summed E-state index contributed by atoms with van der Waals surface area (Å²) in [5.74, 6) is 1.68. The van der Waals surface area contributed by atoms with E-state index in [0.29, 0.717) is 6.61 Å². The predicted octanol–water partition coefficient (Wildman–Crippen LogP) is 5.61. The Bertz CT molecular complexity index is 458. The zero-order chi connectivity index (χ0) is 14.2. The molecular weight excluding hydrogens is 312 g/mol. The van der Waals surface area contributed by atoms with E-state index in [1.54, 1.807) is 6.08 Å². The van der Waals surface area contributed by atoms with Crippen molar-refractivity contribution in [2.45, 2.75) is 32.1 Å². The van der Waals surface area contributed by atoms with Crippen LogP contribution >= 0.6 is 15.9 Å². The molecule has 2 rings (SSSR count). The fourth-order valence-electron chi connectivity index (χ4n) is 2.82. The number of hydrogen-bond donors (Lipinski definition) is 0. The minimum absolute atomic E-state index is 0.553. The molecule has 1 aliphatic rings. The van der Waals surface area contributed by atoms with Gasteiger partial charge in [-0.25, -0.2) is 0 Å². The van der Waals surface area contributed by atoms with Gasteiger partial charge in [0.05, 0.1) is 0 Å². The van der Waals surface area contributed by atoms with Crippen molar-refractivity contribution in [2.75, 3.05) is 11.9 Å². The van der Waals surface area contributed by atoms with Crippen LogP contribution in [0.2, 0.25) is 0 Å². The van der Waals surface area contributed by atoms with Gasteiger partial charge >= 0.3 is 0 Å². The van der Waals surface area contributed by atoms with Crippen LogP contribution < -0.4 is 4.74 Å². The molecule has 1 aromatic carbocycles. The van der Waals surface area contributed by atoms with Gasteiger partial charge in [0.15, 0.2) is 0 Å². The Hall–Kier alpha value is -1.02. The van der Waals surface area contributed by atoms with Crippen molar-refractivity contribution >= 4 is 22.0 Å². The molecule has 0 unspecified atom stereocenters. The van der Waals surface area contributed by atoms with Gasteiger partial charge in [-0.15, -0.1) is 0 Å². The van der Waals surface area contributed by atoms with E-state index in [1.807, 2.05) is 12.1 Å². The summed E-state index contributed by atoms with van der Waals surface area (Å²) in [7, 11) is 0. The van der Waals surface area contributed by atoms with Crippen LogP contribution in [0.15, 0.2) is 42.5 Å². The summed E-state index contributed by atoms with van der Waals surface area (Å²) in [6.07, 6.45) is 10.9. The minimum atomic E-state index is 0.553. The second-order valence-corrected chi connectivity index (χ2v) is 5.89. The molecule has 0 atom stereocenters.